The zero-order valence-corrected chi connectivity index (χ0v) is 18.5. The molecule has 170 valence electrons. The standard InChI is InChI=1S/C27H28FN3O2/c28-24-14-20(21-4-3-19-2-1-11-29-25(19)15-21)5-6-22(24)16-30-12-9-27(10-13-30)18-31(23-7-8-23)26(32)17-33-27/h1-6,11,14-15,23H,7-10,12-13,16-18H2/i16D2. The predicted molar refractivity (Wildman–Crippen MR) is 125 cm³/mol. The highest BCUT2D eigenvalue weighted by atomic mass is 19.1. The molecule has 2 aliphatic heterocycles. The quantitative estimate of drug-likeness (QED) is 0.595. The van der Waals surface area contributed by atoms with Gasteiger partial charge in [-0.1, -0.05) is 30.3 Å². The first-order chi connectivity index (χ1) is 16.8. The van der Waals surface area contributed by atoms with Gasteiger partial charge in [-0.15, -0.1) is 0 Å². The normalized spacial score (nSPS) is 22.5. The fourth-order valence-corrected chi connectivity index (χ4v) is 4.99. The van der Waals surface area contributed by atoms with Gasteiger partial charge in [-0.3, -0.25) is 14.7 Å². The lowest BCUT2D eigenvalue weighted by Gasteiger charge is -2.47. The van der Waals surface area contributed by atoms with Crippen LogP contribution in [-0.2, 0) is 16.0 Å². The maximum Gasteiger partial charge on any atom is 0.248 e. The maximum absolute atomic E-state index is 15.3. The van der Waals surface area contributed by atoms with Crippen LogP contribution < -0.4 is 0 Å². The van der Waals surface area contributed by atoms with Gasteiger partial charge in [-0.2, -0.15) is 0 Å². The molecule has 1 aliphatic carbocycles. The van der Waals surface area contributed by atoms with Crippen LogP contribution in [0.15, 0.2) is 54.7 Å². The molecule has 3 aromatic rings. The number of morpholine rings is 1. The highest BCUT2D eigenvalue weighted by Crippen LogP contribution is 2.36. The molecule has 0 N–H and O–H groups in total. The van der Waals surface area contributed by atoms with Crippen molar-refractivity contribution >= 4 is 16.8 Å². The van der Waals surface area contributed by atoms with Crippen molar-refractivity contribution in [2.24, 2.45) is 0 Å². The number of carbonyl (C=O) groups is 1. The van der Waals surface area contributed by atoms with Crippen LogP contribution in [0.25, 0.3) is 22.0 Å². The average Bonchev–Trinajstić information content (AvgIpc) is 3.71. The Balaban J connectivity index is 1.19. The van der Waals surface area contributed by atoms with Crippen molar-refractivity contribution in [3.05, 3.63) is 66.1 Å². The largest absolute Gasteiger partial charge is 0.363 e. The lowest BCUT2D eigenvalue weighted by Crippen LogP contribution is -2.59. The Morgan fingerprint density at radius 2 is 1.91 bits per heavy atom. The van der Waals surface area contributed by atoms with E-state index in [4.69, 9.17) is 7.48 Å². The van der Waals surface area contributed by atoms with E-state index in [1.165, 1.54) is 6.07 Å². The van der Waals surface area contributed by atoms with Crippen molar-refractivity contribution in [2.45, 2.75) is 43.8 Å². The van der Waals surface area contributed by atoms with E-state index in [2.05, 4.69) is 4.98 Å². The van der Waals surface area contributed by atoms with Crippen LogP contribution in [0.3, 0.4) is 0 Å². The molecule has 0 radical (unpaired) electrons. The number of pyridine rings is 1. The summed E-state index contributed by atoms with van der Waals surface area (Å²) in [5, 5.41) is 1.01. The lowest BCUT2D eigenvalue weighted by molar-refractivity contribution is -0.172. The molecule has 0 atom stereocenters. The van der Waals surface area contributed by atoms with Gasteiger partial charge in [0.25, 0.3) is 0 Å². The molecular formula is C27H28FN3O2. The van der Waals surface area contributed by atoms with Crippen LogP contribution >= 0.6 is 0 Å². The number of aromatic nitrogens is 1. The smallest absolute Gasteiger partial charge is 0.248 e. The number of nitrogens with zero attached hydrogens (tertiary/aromatic N) is 3. The van der Waals surface area contributed by atoms with Gasteiger partial charge in [0.2, 0.25) is 5.91 Å². The third kappa shape index (κ3) is 4.13. The van der Waals surface area contributed by atoms with Gasteiger partial charge in [0.1, 0.15) is 12.4 Å². The molecule has 1 saturated carbocycles. The summed E-state index contributed by atoms with van der Waals surface area (Å²) in [6.07, 6.45) is 5.08. The zero-order chi connectivity index (χ0) is 24.2. The number of piperidine rings is 1. The molecule has 3 fully saturated rings. The van der Waals surface area contributed by atoms with Gasteiger partial charge < -0.3 is 9.64 Å². The molecule has 1 spiro atoms. The van der Waals surface area contributed by atoms with E-state index in [-0.39, 0.29) is 18.1 Å². The number of benzene rings is 2. The third-order valence-corrected chi connectivity index (χ3v) is 7.13. The predicted octanol–water partition coefficient (Wildman–Crippen LogP) is 4.40. The second kappa shape index (κ2) is 8.19. The van der Waals surface area contributed by atoms with E-state index in [1.807, 2.05) is 35.2 Å². The Labute approximate surface area is 196 Å². The zero-order valence-electron chi connectivity index (χ0n) is 20.5. The lowest BCUT2D eigenvalue weighted by atomic mass is 9.89. The van der Waals surface area contributed by atoms with E-state index in [1.54, 1.807) is 23.2 Å². The van der Waals surface area contributed by atoms with Gasteiger partial charge in [0.05, 0.1) is 17.7 Å². The summed E-state index contributed by atoms with van der Waals surface area (Å²) < 4.78 is 38.8. The molecule has 6 rings (SSSR count). The van der Waals surface area contributed by atoms with Crippen LogP contribution in [0.5, 0.6) is 0 Å². The summed E-state index contributed by atoms with van der Waals surface area (Å²) in [6.45, 7) is -0.384. The van der Waals surface area contributed by atoms with E-state index in [0.29, 0.717) is 44.1 Å². The Hall–Kier alpha value is -2.83. The monoisotopic (exact) mass is 447 g/mol. The maximum atomic E-state index is 15.3. The Kier molecular flexibility index (Phi) is 4.61. The summed E-state index contributed by atoms with van der Waals surface area (Å²) in [5.41, 5.74) is 1.98. The van der Waals surface area contributed by atoms with Crippen LogP contribution in [0.2, 0.25) is 0 Å². The minimum Gasteiger partial charge on any atom is -0.363 e. The first-order valence-electron chi connectivity index (χ1n) is 12.7. The molecule has 3 heterocycles. The number of fused-ring (bicyclic) bond motifs is 1. The second-order valence-corrected chi connectivity index (χ2v) is 9.43. The van der Waals surface area contributed by atoms with Crippen molar-refractivity contribution < 1.29 is 16.7 Å². The fourth-order valence-electron chi connectivity index (χ4n) is 4.99. The second-order valence-electron chi connectivity index (χ2n) is 9.43. The van der Waals surface area contributed by atoms with E-state index < -0.39 is 17.9 Å². The van der Waals surface area contributed by atoms with Crippen molar-refractivity contribution in [1.29, 1.82) is 0 Å². The van der Waals surface area contributed by atoms with Crippen molar-refractivity contribution in [2.75, 3.05) is 26.2 Å². The number of amides is 1. The molecule has 33 heavy (non-hydrogen) atoms. The molecule has 0 unspecified atom stereocenters. The molecule has 3 aliphatic rings. The number of carbonyl (C=O) groups excluding carboxylic acids is 1. The first kappa shape index (κ1) is 18.6. The SMILES string of the molecule is [2H]C([2H])(c1ccc(-c2ccc3cccnc3c2)cc1F)N1CCC2(CC1)CN(C1CC1)C(=O)CO2. The van der Waals surface area contributed by atoms with Crippen molar-refractivity contribution in [1.82, 2.24) is 14.8 Å². The van der Waals surface area contributed by atoms with Crippen LogP contribution in [0.1, 0.15) is 34.0 Å². The van der Waals surface area contributed by atoms with E-state index in [9.17, 15) is 4.79 Å². The van der Waals surface area contributed by atoms with Crippen LogP contribution in [0.4, 0.5) is 4.39 Å². The molecule has 2 aromatic carbocycles. The molecular weight excluding hydrogens is 417 g/mol. The summed E-state index contributed by atoms with van der Waals surface area (Å²) in [4.78, 5) is 20.2. The number of halogens is 1. The number of likely N-dealkylation sites (tertiary alicyclic amines) is 1. The number of hydrogen-bond donors (Lipinski definition) is 0. The average molecular weight is 448 g/mol. The summed E-state index contributed by atoms with van der Waals surface area (Å²) in [5.74, 6) is -0.506. The third-order valence-electron chi connectivity index (χ3n) is 7.13. The number of ether oxygens (including phenoxy) is 1. The fraction of sp³-hybridized carbons (Fsp3) is 0.407. The van der Waals surface area contributed by atoms with Gasteiger partial charge in [0.15, 0.2) is 0 Å². The van der Waals surface area contributed by atoms with Gasteiger partial charge >= 0.3 is 0 Å². The topological polar surface area (TPSA) is 45.7 Å². The summed E-state index contributed by atoms with van der Waals surface area (Å²) in [7, 11) is 0. The Morgan fingerprint density at radius 1 is 1.12 bits per heavy atom. The van der Waals surface area contributed by atoms with Crippen molar-refractivity contribution in [3.63, 3.8) is 0 Å². The Morgan fingerprint density at radius 3 is 2.70 bits per heavy atom. The number of hydrogen-bond acceptors (Lipinski definition) is 4. The van der Waals surface area contributed by atoms with Gasteiger partial charge in [0, 0.05) is 45.5 Å². The number of rotatable bonds is 4. The highest BCUT2D eigenvalue weighted by molar-refractivity contribution is 5.84. The minimum atomic E-state index is -1.95. The van der Waals surface area contributed by atoms with Crippen LogP contribution in [-0.4, -0.2) is 58.6 Å². The molecule has 5 nitrogen and oxygen atoms in total. The molecule has 6 heteroatoms. The summed E-state index contributed by atoms with van der Waals surface area (Å²) in [6, 6.07) is 14.7. The Bertz CT molecular complexity index is 1290. The van der Waals surface area contributed by atoms with Gasteiger partial charge in [-0.25, -0.2) is 4.39 Å². The van der Waals surface area contributed by atoms with E-state index in [0.717, 1.165) is 29.3 Å². The molecule has 1 aromatic heterocycles. The van der Waals surface area contributed by atoms with Crippen LogP contribution in [0, 0.1) is 5.82 Å². The molecule has 0 bridgehead atoms. The summed E-state index contributed by atoms with van der Waals surface area (Å²) >= 11 is 0. The molecule has 1 amide bonds. The minimum absolute atomic E-state index is 0.0375. The molecule has 2 saturated heterocycles. The highest BCUT2D eigenvalue weighted by Gasteiger charge is 2.46. The van der Waals surface area contributed by atoms with Gasteiger partial charge in [-0.05, 0) is 55.0 Å². The van der Waals surface area contributed by atoms with E-state index >= 15 is 4.39 Å². The van der Waals surface area contributed by atoms with Crippen molar-refractivity contribution in [3.8, 4) is 11.1 Å². The first-order valence-corrected chi connectivity index (χ1v) is 11.7.